The Morgan fingerprint density at radius 3 is 2.63 bits per heavy atom. The predicted molar refractivity (Wildman–Crippen MR) is 67.7 cm³/mol. The maximum atomic E-state index is 13.7. The fraction of sp³-hybridized carbons (Fsp3) is 0. The van der Waals surface area contributed by atoms with Crippen LogP contribution in [0.25, 0.3) is 22.3 Å². The van der Waals surface area contributed by atoms with Crippen molar-refractivity contribution in [2.75, 3.05) is 0 Å². The molecule has 3 nitrogen and oxygen atoms in total. The van der Waals surface area contributed by atoms with Crippen molar-refractivity contribution < 1.29 is 8.78 Å². The van der Waals surface area contributed by atoms with E-state index in [4.69, 9.17) is 0 Å². The first-order valence-corrected chi connectivity index (χ1v) is 5.59. The highest BCUT2D eigenvalue weighted by Gasteiger charge is 2.10. The lowest BCUT2D eigenvalue weighted by Gasteiger charge is -2.04. The number of hydrogen-bond acceptors (Lipinski definition) is 2. The van der Waals surface area contributed by atoms with Gasteiger partial charge in [-0.15, -0.1) is 0 Å². The van der Waals surface area contributed by atoms with E-state index in [2.05, 4.69) is 9.97 Å². The van der Waals surface area contributed by atoms with Crippen LogP contribution in [-0.4, -0.2) is 9.97 Å². The monoisotopic (exact) mass is 258 g/mol. The molecule has 5 heteroatoms. The van der Waals surface area contributed by atoms with Crippen LogP contribution in [0.1, 0.15) is 0 Å². The Labute approximate surface area is 106 Å². The van der Waals surface area contributed by atoms with Gasteiger partial charge in [0.25, 0.3) is 5.56 Å². The number of hydrogen-bond donors (Lipinski definition) is 1. The van der Waals surface area contributed by atoms with Crippen molar-refractivity contribution >= 4 is 10.9 Å². The lowest BCUT2D eigenvalue weighted by atomic mass is 10.1. The van der Waals surface area contributed by atoms with Crippen molar-refractivity contribution in [3.63, 3.8) is 0 Å². The Kier molecular flexibility index (Phi) is 2.59. The van der Waals surface area contributed by atoms with E-state index in [0.29, 0.717) is 10.9 Å². The summed E-state index contributed by atoms with van der Waals surface area (Å²) in [6.07, 6.45) is 0. The summed E-state index contributed by atoms with van der Waals surface area (Å²) in [5.41, 5.74) is 0.165. The lowest BCUT2D eigenvalue weighted by Crippen LogP contribution is -2.09. The van der Waals surface area contributed by atoms with E-state index < -0.39 is 11.6 Å². The summed E-state index contributed by atoms with van der Waals surface area (Å²) < 4.78 is 26.5. The number of aromatic amines is 1. The SMILES string of the molecule is O=c1[nH]c(-c2ccc(F)cc2F)nc2ccccc12. The van der Waals surface area contributed by atoms with Crippen LogP contribution in [0.4, 0.5) is 8.78 Å². The van der Waals surface area contributed by atoms with Crippen molar-refractivity contribution in [3.8, 4) is 11.4 Å². The van der Waals surface area contributed by atoms with E-state index >= 15 is 0 Å². The molecule has 2 aromatic carbocycles. The Morgan fingerprint density at radius 2 is 1.84 bits per heavy atom. The third-order valence-electron chi connectivity index (χ3n) is 2.80. The summed E-state index contributed by atoms with van der Waals surface area (Å²) in [5, 5.41) is 0.425. The number of H-pyrrole nitrogens is 1. The molecule has 94 valence electrons. The highest BCUT2D eigenvalue weighted by atomic mass is 19.1. The first-order chi connectivity index (χ1) is 9.15. The molecular weight excluding hydrogens is 250 g/mol. The molecule has 0 fully saturated rings. The van der Waals surface area contributed by atoms with Crippen molar-refractivity contribution in [1.29, 1.82) is 0 Å². The molecule has 0 radical (unpaired) electrons. The minimum absolute atomic E-state index is 0.0595. The zero-order valence-corrected chi connectivity index (χ0v) is 9.65. The number of rotatable bonds is 1. The molecule has 1 heterocycles. The molecule has 1 N–H and O–H groups in total. The maximum Gasteiger partial charge on any atom is 0.259 e. The standard InChI is InChI=1S/C14H8F2N2O/c15-8-5-6-9(11(16)7-8)13-17-12-4-2-1-3-10(12)14(19)18-13/h1-7H,(H,17,18,19). The molecule has 0 atom stereocenters. The molecule has 0 bridgehead atoms. The summed E-state index contributed by atoms with van der Waals surface area (Å²) >= 11 is 0. The molecule has 0 unspecified atom stereocenters. The molecule has 3 rings (SSSR count). The number of nitrogens with one attached hydrogen (secondary N) is 1. The van der Waals surface area contributed by atoms with Gasteiger partial charge < -0.3 is 4.98 Å². The number of fused-ring (bicyclic) bond motifs is 1. The Hall–Kier alpha value is -2.56. The third kappa shape index (κ3) is 1.99. The average Bonchev–Trinajstić information content (AvgIpc) is 2.38. The summed E-state index contributed by atoms with van der Waals surface area (Å²) in [6.45, 7) is 0. The molecule has 0 aliphatic carbocycles. The topological polar surface area (TPSA) is 45.8 Å². The van der Waals surface area contributed by atoms with E-state index in [1.807, 2.05) is 0 Å². The van der Waals surface area contributed by atoms with Gasteiger partial charge in [-0.3, -0.25) is 4.79 Å². The zero-order valence-electron chi connectivity index (χ0n) is 9.65. The molecule has 0 saturated carbocycles. The van der Waals surface area contributed by atoms with E-state index in [9.17, 15) is 13.6 Å². The fourth-order valence-electron chi connectivity index (χ4n) is 1.90. The van der Waals surface area contributed by atoms with Gasteiger partial charge in [-0.1, -0.05) is 12.1 Å². The van der Waals surface area contributed by atoms with Crippen LogP contribution < -0.4 is 5.56 Å². The summed E-state index contributed by atoms with van der Waals surface area (Å²) in [4.78, 5) is 18.5. The van der Waals surface area contributed by atoms with Crippen LogP contribution in [-0.2, 0) is 0 Å². The fourth-order valence-corrected chi connectivity index (χ4v) is 1.90. The van der Waals surface area contributed by atoms with Crippen molar-refractivity contribution in [3.05, 3.63) is 64.5 Å². The molecule has 19 heavy (non-hydrogen) atoms. The maximum absolute atomic E-state index is 13.7. The molecule has 0 spiro atoms. The Morgan fingerprint density at radius 1 is 1.05 bits per heavy atom. The highest BCUT2D eigenvalue weighted by molar-refractivity contribution is 5.79. The van der Waals surface area contributed by atoms with E-state index in [0.717, 1.165) is 12.1 Å². The average molecular weight is 258 g/mol. The van der Waals surface area contributed by atoms with Gasteiger partial charge >= 0.3 is 0 Å². The van der Waals surface area contributed by atoms with E-state index in [1.54, 1.807) is 24.3 Å². The van der Waals surface area contributed by atoms with Crippen LogP contribution in [0.3, 0.4) is 0 Å². The summed E-state index contributed by atoms with van der Waals surface area (Å²) in [5.74, 6) is -1.36. The van der Waals surface area contributed by atoms with Crippen molar-refractivity contribution in [2.45, 2.75) is 0 Å². The molecule has 0 amide bonds. The number of halogens is 2. The minimum atomic E-state index is -0.765. The number of nitrogens with zero attached hydrogens (tertiary/aromatic N) is 1. The molecular formula is C14H8F2N2O. The van der Waals surface area contributed by atoms with Gasteiger partial charge in [0.05, 0.1) is 16.5 Å². The normalized spacial score (nSPS) is 10.8. The van der Waals surface area contributed by atoms with Gasteiger partial charge in [-0.05, 0) is 24.3 Å². The zero-order chi connectivity index (χ0) is 13.4. The second kappa shape index (κ2) is 4.28. The van der Waals surface area contributed by atoms with Gasteiger partial charge in [-0.2, -0.15) is 0 Å². The first-order valence-electron chi connectivity index (χ1n) is 5.59. The van der Waals surface area contributed by atoms with Crippen LogP contribution in [0.15, 0.2) is 47.3 Å². The second-order valence-electron chi connectivity index (χ2n) is 4.06. The van der Waals surface area contributed by atoms with Gasteiger partial charge in [0.15, 0.2) is 0 Å². The van der Waals surface area contributed by atoms with Gasteiger partial charge in [0, 0.05) is 6.07 Å². The van der Waals surface area contributed by atoms with Crippen LogP contribution in [0, 0.1) is 11.6 Å². The first kappa shape index (κ1) is 11.5. The second-order valence-corrected chi connectivity index (χ2v) is 4.06. The third-order valence-corrected chi connectivity index (χ3v) is 2.80. The molecule has 3 aromatic rings. The van der Waals surface area contributed by atoms with E-state index in [1.165, 1.54) is 6.07 Å². The molecule has 0 saturated heterocycles. The van der Waals surface area contributed by atoms with Gasteiger partial charge in [-0.25, -0.2) is 13.8 Å². The van der Waals surface area contributed by atoms with E-state index in [-0.39, 0.29) is 16.9 Å². The molecule has 1 aromatic heterocycles. The van der Waals surface area contributed by atoms with Gasteiger partial charge in [0.1, 0.15) is 17.5 Å². The van der Waals surface area contributed by atoms with Gasteiger partial charge in [0.2, 0.25) is 0 Å². The summed E-state index contributed by atoms with van der Waals surface area (Å²) in [7, 11) is 0. The minimum Gasteiger partial charge on any atom is -0.306 e. The smallest absolute Gasteiger partial charge is 0.259 e. The molecule has 0 aliphatic heterocycles. The van der Waals surface area contributed by atoms with Crippen molar-refractivity contribution in [2.24, 2.45) is 0 Å². The number of para-hydroxylation sites is 1. The number of benzene rings is 2. The number of aromatic nitrogens is 2. The lowest BCUT2D eigenvalue weighted by molar-refractivity contribution is 0.585. The van der Waals surface area contributed by atoms with Crippen LogP contribution in [0.2, 0.25) is 0 Å². The Bertz CT molecular complexity index is 827. The molecule has 0 aliphatic rings. The van der Waals surface area contributed by atoms with Crippen molar-refractivity contribution in [1.82, 2.24) is 9.97 Å². The quantitative estimate of drug-likeness (QED) is 0.729. The van der Waals surface area contributed by atoms with Crippen LogP contribution in [0.5, 0.6) is 0 Å². The summed E-state index contributed by atoms with van der Waals surface area (Å²) in [6, 6.07) is 9.87. The highest BCUT2D eigenvalue weighted by Crippen LogP contribution is 2.20. The predicted octanol–water partition coefficient (Wildman–Crippen LogP) is 2.87. The van der Waals surface area contributed by atoms with Crippen LogP contribution >= 0.6 is 0 Å². The largest absolute Gasteiger partial charge is 0.306 e. The Balaban J connectivity index is 2.28.